The topological polar surface area (TPSA) is 84.2 Å². The molecule has 34 heavy (non-hydrogen) atoms. The van der Waals surface area contributed by atoms with Crippen molar-refractivity contribution in [3.05, 3.63) is 54.6 Å². The van der Waals surface area contributed by atoms with E-state index in [2.05, 4.69) is 17.0 Å². The number of nitrogens with zero attached hydrogens (tertiary/aromatic N) is 4. The lowest BCUT2D eigenvalue weighted by Crippen LogP contribution is -2.49. The molecule has 3 aromatic rings. The minimum Gasteiger partial charge on any atom is -0.399 e. The summed E-state index contributed by atoms with van der Waals surface area (Å²) in [6.45, 7) is 4.35. The van der Waals surface area contributed by atoms with E-state index in [0.717, 1.165) is 27.8 Å². The van der Waals surface area contributed by atoms with Gasteiger partial charge >= 0.3 is 6.03 Å². The molecule has 0 saturated carbocycles. The van der Waals surface area contributed by atoms with Crippen LogP contribution in [0.1, 0.15) is 6.42 Å². The number of carbonyl (C=O) groups is 1. The Balaban J connectivity index is 1.45. The van der Waals surface area contributed by atoms with Crippen LogP contribution < -0.4 is 10.6 Å². The number of pyridine rings is 1. The van der Waals surface area contributed by atoms with Crippen LogP contribution >= 0.6 is 0 Å². The van der Waals surface area contributed by atoms with E-state index in [1.165, 1.54) is 0 Å². The lowest BCUT2D eigenvalue weighted by Gasteiger charge is -2.33. The molecule has 2 aliphatic rings. The number of benzene rings is 2. The van der Waals surface area contributed by atoms with Crippen molar-refractivity contribution in [2.24, 2.45) is 0 Å². The summed E-state index contributed by atoms with van der Waals surface area (Å²) in [6.07, 6.45) is 0.523. The minimum atomic E-state index is -0.177. The molecule has 2 aliphatic heterocycles. The molecular weight excluding hydrogens is 430 g/mol. The minimum absolute atomic E-state index is 0.0731. The molecule has 2 saturated heterocycles. The fourth-order valence-corrected chi connectivity index (χ4v) is 4.79. The first-order valence-electron chi connectivity index (χ1n) is 11.8. The number of ether oxygens (including phenoxy) is 2. The standard InChI is InChI=1S/C26H31N5O3/c1-33-25-10-11-29(26(32)30-14-16-34-17-15-30)12-13-31(25)24-18-20(27)7-8-21(24)23-9-6-19-4-2-3-5-22(19)28-23/h2-9,18,25H,10-17,27H2,1H3. The van der Waals surface area contributed by atoms with Crippen LogP contribution in [0.25, 0.3) is 22.2 Å². The van der Waals surface area contributed by atoms with E-state index in [1.807, 2.05) is 52.3 Å². The SMILES string of the molecule is COC1CCN(C(=O)N2CCOCC2)CCN1c1cc(N)ccc1-c1ccc2ccccc2n1. The Kier molecular flexibility index (Phi) is 6.51. The van der Waals surface area contributed by atoms with E-state index in [4.69, 9.17) is 20.2 Å². The number of rotatable bonds is 3. The third-order valence-electron chi connectivity index (χ3n) is 6.63. The zero-order valence-corrected chi connectivity index (χ0v) is 19.5. The van der Waals surface area contributed by atoms with E-state index < -0.39 is 0 Å². The number of urea groups is 1. The van der Waals surface area contributed by atoms with Gasteiger partial charge in [-0.05, 0) is 30.3 Å². The molecule has 178 valence electrons. The van der Waals surface area contributed by atoms with Crippen molar-refractivity contribution < 1.29 is 14.3 Å². The van der Waals surface area contributed by atoms with E-state index >= 15 is 0 Å². The summed E-state index contributed by atoms with van der Waals surface area (Å²) in [5, 5.41) is 1.10. The highest BCUT2D eigenvalue weighted by Gasteiger charge is 2.30. The molecule has 1 aromatic heterocycles. The Morgan fingerprint density at radius 2 is 1.79 bits per heavy atom. The predicted molar refractivity (Wildman–Crippen MR) is 134 cm³/mol. The molecule has 1 unspecified atom stereocenters. The number of para-hydroxylation sites is 1. The number of aromatic nitrogens is 1. The first-order chi connectivity index (χ1) is 16.6. The van der Waals surface area contributed by atoms with Gasteiger partial charge in [-0.25, -0.2) is 9.78 Å². The molecule has 2 amide bonds. The van der Waals surface area contributed by atoms with E-state index in [1.54, 1.807) is 7.11 Å². The van der Waals surface area contributed by atoms with E-state index in [9.17, 15) is 4.79 Å². The maximum Gasteiger partial charge on any atom is 0.320 e. The van der Waals surface area contributed by atoms with Gasteiger partial charge in [0.05, 0.1) is 30.1 Å². The molecule has 8 heteroatoms. The van der Waals surface area contributed by atoms with Gasteiger partial charge in [0.1, 0.15) is 6.23 Å². The first kappa shape index (κ1) is 22.4. The number of hydrogen-bond donors (Lipinski definition) is 1. The zero-order valence-electron chi connectivity index (χ0n) is 19.5. The molecule has 0 spiro atoms. The van der Waals surface area contributed by atoms with Crippen molar-refractivity contribution in [2.45, 2.75) is 12.6 Å². The summed E-state index contributed by atoms with van der Waals surface area (Å²) in [5.74, 6) is 0. The van der Waals surface area contributed by atoms with Gasteiger partial charge in [0.2, 0.25) is 0 Å². The van der Waals surface area contributed by atoms with Crippen LogP contribution in [0.2, 0.25) is 0 Å². The number of nitrogens with two attached hydrogens (primary N) is 1. The molecule has 2 N–H and O–H groups in total. The highest BCUT2D eigenvalue weighted by atomic mass is 16.5. The third kappa shape index (κ3) is 4.51. The third-order valence-corrected chi connectivity index (χ3v) is 6.63. The number of morpholine rings is 1. The summed E-state index contributed by atoms with van der Waals surface area (Å²) in [4.78, 5) is 24.1. The van der Waals surface area contributed by atoms with Crippen molar-refractivity contribution in [1.29, 1.82) is 0 Å². The molecule has 5 rings (SSSR count). The van der Waals surface area contributed by atoms with Crippen LogP contribution in [0.15, 0.2) is 54.6 Å². The van der Waals surface area contributed by atoms with Crippen LogP contribution in [-0.4, -0.2) is 80.1 Å². The number of methoxy groups -OCH3 is 1. The average Bonchev–Trinajstić information content (AvgIpc) is 3.11. The lowest BCUT2D eigenvalue weighted by atomic mass is 10.0. The number of anilines is 2. The van der Waals surface area contributed by atoms with Crippen LogP contribution in [0.4, 0.5) is 16.2 Å². The molecule has 8 nitrogen and oxygen atoms in total. The van der Waals surface area contributed by atoms with Crippen molar-refractivity contribution in [1.82, 2.24) is 14.8 Å². The Morgan fingerprint density at radius 1 is 1.00 bits per heavy atom. The van der Waals surface area contributed by atoms with Crippen LogP contribution in [0.5, 0.6) is 0 Å². The fourth-order valence-electron chi connectivity index (χ4n) is 4.79. The number of amides is 2. The molecular formula is C26H31N5O3. The Bertz CT molecular complexity index is 1160. The molecule has 2 aromatic carbocycles. The van der Waals surface area contributed by atoms with Crippen LogP contribution in [-0.2, 0) is 9.47 Å². The van der Waals surface area contributed by atoms with Crippen molar-refractivity contribution in [2.75, 3.05) is 63.7 Å². The molecule has 1 atom stereocenters. The molecule has 0 radical (unpaired) electrons. The number of hydrogen-bond acceptors (Lipinski definition) is 6. The van der Waals surface area contributed by atoms with Gasteiger partial charge < -0.3 is 29.9 Å². The zero-order chi connectivity index (χ0) is 23.5. The van der Waals surface area contributed by atoms with Gasteiger partial charge in [0.15, 0.2) is 0 Å². The van der Waals surface area contributed by atoms with Gasteiger partial charge in [-0.3, -0.25) is 0 Å². The summed E-state index contributed by atoms with van der Waals surface area (Å²) in [6, 6.07) is 18.2. The normalized spacial score (nSPS) is 19.3. The number of nitrogen functional groups attached to an aromatic ring is 1. The van der Waals surface area contributed by atoms with Crippen LogP contribution in [0, 0.1) is 0 Å². The van der Waals surface area contributed by atoms with E-state index in [0.29, 0.717) is 58.0 Å². The lowest BCUT2D eigenvalue weighted by molar-refractivity contribution is 0.0428. The highest BCUT2D eigenvalue weighted by Crippen LogP contribution is 2.35. The maximum atomic E-state index is 13.1. The van der Waals surface area contributed by atoms with E-state index in [-0.39, 0.29) is 12.3 Å². The van der Waals surface area contributed by atoms with Gasteiger partial charge in [-0.15, -0.1) is 0 Å². The van der Waals surface area contributed by atoms with Crippen molar-refractivity contribution in [3.63, 3.8) is 0 Å². The smallest absolute Gasteiger partial charge is 0.320 e. The molecule has 2 fully saturated rings. The largest absolute Gasteiger partial charge is 0.399 e. The molecule has 0 aliphatic carbocycles. The highest BCUT2D eigenvalue weighted by molar-refractivity contribution is 5.85. The van der Waals surface area contributed by atoms with Crippen molar-refractivity contribution in [3.8, 4) is 11.3 Å². The van der Waals surface area contributed by atoms with Crippen LogP contribution in [0.3, 0.4) is 0 Å². The second-order valence-electron chi connectivity index (χ2n) is 8.71. The Labute approximate surface area is 199 Å². The van der Waals surface area contributed by atoms with Gasteiger partial charge in [0, 0.05) is 62.9 Å². The summed E-state index contributed by atoms with van der Waals surface area (Å²) in [5.41, 5.74) is 10.7. The quantitative estimate of drug-likeness (QED) is 0.602. The second-order valence-corrected chi connectivity index (χ2v) is 8.71. The first-order valence-corrected chi connectivity index (χ1v) is 11.8. The summed E-state index contributed by atoms with van der Waals surface area (Å²) in [7, 11) is 1.72. The second kappa shape index (κ2) is 9.87. The summed E-state index contributed by atoms with van der Waals surface area (Å²) < 4.78 is 11.3. The molecule has 0 bridgehead atoms. The predicted octanol–water partition coefficient (Wildman–Crippen LogP) is 3.42. The Hall–Kier alpha value is -3.36. The number of carbonyl (C=O) groups excluding carboxylic acids is 1. The van der Waals surface area contributed by atoms with Gasteiger partial charge in [-0.2, -0.15) is 0 Å². The van der Waals surface area contributed by atoms with Crippen molar-refractivity contribution >= 4 is 28.3 Å². The number of fused-ring (bicyclic) bond motifs is 1. The summed E-state index contributed by atoms with van der Waals surface area (Å²) >= 11 is 0. The monoisotopic (exact) mass is 461 g/mol. The van der Waals surface area contributed by atoms with Gasteiger partial charge in [0.25, 0.3) is 0 Å². The average molecular weight is 462 g/mol. The molecule has 3 heterocycles. The maximum absolute atomic E-state index is 13.1. The van der Waals surface area contributed by atoms with Gasteiger partial charge in [-0.1, -0.05) is 24.3 Å². The fraction of sp³-hybridized carbons (Fsp3) is 0.385. The Morgan fingerprint density at radius 3 is 2.62 bits per heavy atom.